The summed E-state index contributed by atoms with van der Waals surface area (Å²) < 4.78 is 9.59. The van der Waals surface area contributed by atoms with Crippen molar-refractivity contribution in [3.05, 3.63) is 53.7 Å². The third kappa shape index (κ3) is 3.23. The number of benzene rings is 1. The van der Waals surface area contributed by atoms with Crippen molar-refractivity contribution in [2.75, 3.05) is 7.11 Å². The molecule has 2 atom stereocenters. The van der Waals surface area contributed by atoms with E-state index < -0.39 is 18.2 Å². The second kappa shape index (κ2) is 6.31. The van der Waals surface area contributed by atoms with E-state index in [0.29, 0.717) is 11.3 Å². The van der Waals surface area contributed by atoms with Crippen molar-refractivity contribution in [1.29, 1.82) is 0 Å². The Morgan fingerprint density at radius 3 is 2.65 bits per heavy atom. The average Bonchev–Trinajstić information content (AvgIpc) is 2.95. The van der Waals surface area contributed by atoms with E-state index in [0.717, 1.165) is 0 Å². The highest BCUT2D eigenvalue weighted by atomic mass is 16.5. The minimum Gasteiger partial charge on any atom is -0.469 e. The first-order chi connectivity index (χ1) is 9.61. The van der Waals surface area contributed by atoms with Gasteiger partial charge in [0.2, 0.25) is 5.89 Å². The fourth-order valence-electron chi connectivity index (χ4n) is 1.73. The molecular weight excluding hydrogens is 262 g/mol. The molecule has 0 aliphatic heterocycles. The Kier molecular flexibility index (Phi) is 4.49. The van der Waals surface area contributed by atoms with E-state index in [1.807, 2.05) is 6.07 Å². The van der Waals surface area contributed by atoms with Crippen LogP contribution >= 0.6 is 0 Å². The molecular formula is C14H15NO5. The lowest BCUT2D eigenvalue weighted by Gasteiger charge is -2.14. The summed E-state index contributed by atoms with van der Waals surface area (Å²) >= 11 is 0. The van der Waals surface area contributed by atoms with Gasteiger partial charge in [0, 0.05) is 0 Å². The highest BCUT2D eigenvalue weighted by molar-refractivity contribution is 5.71. The number of hydrogen-bond acceptors (Lipinski definition) is 6. The molecule has 1 aromatic heterocycles. The topological polar surface area (TPSA) is 92.8 Å². The monoisotopic (exact) mass is 277 g/mol. The number of carbonyl (C=O) groups excluding carboxylic acids is 1. The summed E-state index contributed by atoms with van der Waals surface area (Å²) in [6.07, 6.45) is -1.24. The molecule has 1 heterocycles. The van der Waals surface area contributed by atoms with E-state index in [1.165, 1.54) is 13.4 Å². The molecule has 0 saturated heterocycles. The Hall–Kier alpha value is -2.18. The normalized spacial score (nSPS) is 13.8. The molecule has 0 amide bonds. The van der Waals surface area contributed by atoms with E-state index in [1.54, 1.807) is 24.3 Å². The molecule has 0 bridgehead atoms. The fraction of sp³-hybridized carbons (Fsp3) is 0.286. The second-order valence-electron chi connectivity index (χ2n) is 4.23. The number of methoxy groups -OCH3 is 1. The van der Waals surface area contributed by atoms with Gasteiger partial charge in [-0.1, -0.05) is 30.3 Å². The summed E-state index contributed by atoms with van der Waals surface area (Å²) in [5.74, 6) is -0.497. The molecule has 2 aromatic rings. The lowest BCUT2D eigenvalue weighted by Crippen LogP contribution is -2.11. The lowest BCUT2D eigenvalue weighted by molar-refractivity contribution is -0.139. The number of ether oxygens (including phenoxy) is 1. The van der Waals surface area contributed by atoms with E-state index in [4.69, 9.17) is 4.42 Å². The largest absolute Gasteiger partial charge is 0.469 e. The fourth-order valence-corrected chi connectivity index (χ4v) is 1.73. The van der Waals surface area contributed by atoms with Crippen LogP contribution in [0, 0.1) is 0 Å². The van der Waals surface area contributed by atoms with Crippen molar-refractivity contribution in [3.63, 3.8) is 0 Å². The predicted molar refractivity (Wildman–Crippen MR) is 68.6 cm³/mol. The van der Waals surface area contributed by atoms with Gasteiger partial charge < -0.3 is 19.4 Å². The first-order valence-corrected chi connectivity index (χ1v) is 6.04. The van der Waals surface area contributed by atoms with Crippen molar-refractivity contribution in [2.45, 2.75) is 18.6 Å². The summed E-state index contributed by atoms with van der Waals surface area (Å²) in [5.41, 5.74) is 0.888. The third-order valence-corrected chi connectivity index (χ3v) is 2.82. The SMILES string of the molecule is COC(=O)Cc1coc([C@H](O)[C@@H](O)c2ccccc2)n1. The average molecular weight is 277 g/mol. The van der Waals surface area contributed by atoms with Crippen molar-refractivity contribution < 1.29 is 24.2 Å². The van der Waals surface area contributed by atoms with E-state index in [2.05, 4.69) is 9.72 Å². The van der Waals surface area contributed by atoms with Crippen molar-refractivity contribution >= 4 is 5.97 Å². The molecule has 2 N–H and O–H groups in total. The smallest absolute Gasteiger partial charge is 0.311 e. The van der Waals surface area contributed by atoms with Crippen LogP contribution in [0.3, 0.4) is 0 Å². The summed E-state index contributed by atoms with van der Waals surface area (Å²) in [6.45, 7) is 0. The van der Waals surface area contributed by atoms with E-state index in [-0.39, 0.29) is 12.3 Å². The highest BCUT2D eigenvalue weighted by Gasteiger charge is 2.25. The van der Waals surface area contributed by atoms with Gasteiger partial charge in [0.05, 0.1) is 19.2 Å². The van der Waals surface area contributed by atoms with Gasteiger partial charge in [0.1, 0.15) is 12.4 Å². The Labute approximate surface area is 115 Å². The van der Waals surface area contributed by atoms with Gasteiger partial charge in [-0.05, 0) is 5.56 Å². The Morgan fingerprint density at radius 1 is 1.30 bits per heavy atom. The molecule has 6 heteroatoms. The van der Waals surface area contributed by atoms with Crippen molar-refractivity contribution in [2.24, 2.45) is 0 Å². The highest BCUT2D eigenvalue weighted by Crippen LogP contribution is 2.27. The van der Waals surface area contributed by atoms with Crippen LogP contribution in [0.4, 0.5) is 0 Å². The zero-order chi connectivity index (χ0) is 14.5. The van der Waals surface area contributed by atoms with E-state index >= 15 is 0 Å². The quantitative estimate of drug-likeness (QED) is 0.797. The second-order valence-corrected chi connectivity index (χ2v) is 4.23. The molecule has 0 aliphatic carbocycles. The number of nitrogens with zero attached hydrogens (tertiary/aromatic N) is 1. The molecule has 0 aliphatic rings. The molecule has 2 rings (SSSR count). The number of aromatic nitrogens is 1. The zero-order valence-electron chi connectivity index (χ0n) is 10.9. The Morgan fingerprint density at radius 2 is 2.00 bits per heavy atom. The first kappa shape index (κ1) is 14.2. The molecule has 0 spiro atoms. The van der Waals surface area contributed by atoms with Crippen LogP contribution in [0.15, 0.2) is 41.0 Å². The summed E-state index contributed by atoms with van der Waals surface area (Å²) in [4.78, 5) is 15.1. The standard InChI is InChI=1S/C14H15NO5/c1-19-11(16)7-10-8-20-14(15-10)13(18)12(17)9-5-3-2-4-6-9/h2-6,8,12-13,17-18H,7H2,1H3/t12-,13+/m0/s1. The zero-order valence-corrected chi connectivity index (χ0v) is 10.9. The van der Waals surface area contributed by atoms with Crippen LogP contribution in [-0.2, 0) is 16.0 Å². The molecule has 0 radical (unpaired) electrons. The van der Waals surface area contributed by atoms with Gasteiger partial charge in [0.25, 0.3) is 0 Å². The molecule has 6 nitrogen and oxygen atoms in total. The van der Waals surface area contributed by atoms with Crippen LogP contribution < -0.4 is 0 Å². The van der Waals surface area contributed by atoms with Crippen LogP contribution in [-0.4, -0.2) is 28.3 Å². The molecule has 106 valence electrons. The number of oxazole rings is 1. The van der Waals surface area contributed by atoms with Gasteiger partial charge >= 0.3 is 5.97 Å². The molecule has 1 aromatic carbocycles. The van der Waals surface area contributed by atoms with Gasteiger partial charge in [0.15, 0.2) is 6.10 Å². The number of rotatable bonds is 5. The van der Waals surface area contributed by atoms with Crippen LogP contribution in [0.25, 0.3) is 0 Å². The molecule has 0 unspecified atom stereocenters. The number of hydrogen-bond donors (Lipinski definition) is 2. The maximum absolute atomic E-state index is 11.1. The van der Waals surface area contributed by atoms with Gasteiger partial charge in [-0.25, -0.2) is 4.98 Å². The van der Waals surface area contributed by atoms with Crippen molar-refractivity contribution in [3.8, 4) is 0 Å². The minimum atomic E-state index is -1.30. The molecule has 0 saturated carbocycles. The Bertz CT molecular complexity index is 566. The first-order valence-electron chi connectivity index (χ1n) is 6.04. The summed E-state index contributed by atoms with van der Waals surface area (Å²) in [7, 11) is 1.28. The molecule has 0 fully saturated rings. The lowest BCUT2D eigenvalue weighted by atomic mass is 10.0. The van der Waals surface area contributed by atoms with Crippen LogP contribution in [0.5, 0.6) is 0 Å². The minimum absolute atomic E-state index is 0.0414. The predicted octanol–water partition coefficient (Wildman–Crippen LogP) is 1.16. The van der Waals surface area contributed by atoms with Crippen LogP contribution in [0.2, 0.25) is 0 Å². The van der Waals surface area contributed by atoms with E-state index in [9.17, 15) is 15.0 Å². The number of aliphatic hydroxyl groups is 2. The maximum atomic E-state index is 11.1. The Balaban J connectivity index is 2.09. The summed E-state index contributed by atoms with van der Waals surface area (Å²) in [5, 5.41) is 20.1. The van der Waals surface area contributed by atoms with Gasteiger partial charge in [-0.15, -0.1) is 0 Å². The maximum Gasteiger partial charge on any atom is 0.311 e. The van der Waals surface area contributed by atoms with Gasteiger partial charge in [-0.3, -0.25) is 4.79 Å². The number of esters is 1. The third-order valence-electron chi connectivity index (χ3n) is 2.82. The number of aliphatic hydroxyl groups excluding tert-OH is 2. The molecule has 20 heavy (non-hydrogen) atoms. The van der Waals surface area contributed by atoms with Gasteiger partial charge in [-0.2, -0.15) is 0 Å². The summed E-state index contributed by atoms with van der Waals surface area (Å²) in [6, 6.07) is 8.69. The van der Waals surface area contributed by atoms with Crippen LogP contribution in [0.1, 0.15) is 29.4 Å². The van der Waals surface area contributed by atoms with Crippen molar-refractivity contribution in [1.82, 2.24) is 4.98 Å². The number of carbonyl (C=O) groups is 1.